The van der Waals surface area contributed by atoms with E-state index in [9.17, 15) is 14.9 Å². The lowest BCUT2D eigenvalue weighted by Crippen LogP contribution is -2.21. The summed E-state index contributed by atoms with van der Waals surface area (Å²) in [4.78, 5) is 30.3. The molecule has 0 aliphatic heterocycles. The van der Waals surface area contributed by atoms with Crippen LogP contribution in [0.3, 0.4) is 0 Å². The van der Waals surface area contributed by atoms with E-state index in [4.69, 9.17) is 9.72 Å². The Morgan fingerprint density at radius 2 is 1.57 bits per heavy atom. The lowest BCUT2D eigenvalue weighted by atomic mass is 9.99. The fourth-order valence-corrected chi connectivity index (χ4v) is 4.02. The minimum atomic E-state index is -0.631. The molecule has 1 heterocycles. The molecule has 0 bridgehead atoms. The number of anilines is 1. The van der Waals surface area contributed by atoms with Gasteiger partial charge >= 0.3 is 5.97 Å². The van der Waals surface area contributed by atoms with E-state index in [1.807, 2.05) is 66.7 Å². The quantitative estimate of drug-likeness (QED) is 0.341. The Labute approximate surface area is 201 Å². The first kappa shape index (κ1) is 21.8. The van der Waals surface area contributed by atoms with Gasteiger partial charge in [-0.3, -0.25) is 4.79 Å². The summed E-state index contributed by atoms with van der Waals surface area (Å²) < 4.78 is 5.36. The smallest absolute Gasteiger partial charge is 0.339 e. The number of amides is 1. The van der Waals surface area contributed by atoms with Crippen LogP contribution >= 0.6 is 0 Å². The first-order chi connectivity index (χ1) is 17.1. The number of benzene rings is 4. The number of fused-ring (bicyclic) bond motifs is 2. The zero-order valence-corrected chi connectivity index (χ0v) is 18.6. The van der Waals surface area contributed by atoms with Crippen molar-refractivity contribution < 1.29 is 14.3 Å². The fraction of sp³-hybridized carbons (Fsp3) is 0.0345. The zero-order valence-electron chi connectivity index (χ0n) is 18.6. The third-order valence-electron chi connectivity index (χ3n) is 5.66. The van der Waals surface area contributed by atoms with Crippen molar-refractivity contribution in [2.45, 2.75) is 0 Å². The van der Waals surface area contributed by atoms with E-state index in [0.717, 1.165) is 16.3 Å². The molecule has 0 aliphatic carbocycles. The number of pyridine rings is 1. The van der Waals surface area contributed by atoms with Gasteiger partial charge in [-0.15, -0.1) is 0 Å². The van der Waals surface area contributed by atoms with Crippen LogP contribution in [0.4, 0.5) is 5.69 Å². The summed E-state index contributed by atoms with van der Waals surface area (Å²) in [7, 11) is 0. The first-order valence-electron chi connectivity index (χ1n) is 11.0. The van der Waals surface area contributed by atoms with Gasteiger partial charge in [0, 0.05) is 10.9 Å². The number of nitrogens with one attached hydrogen (secondary N) is 1. The van der Waals surface area contributed by atoms with Gasteiger partial charge in [-0.05, 0) is 35.0 Å². The third kappa shape index (κ3) is 4.43. The van der Waals surface area contributed by atoms with Crippen LogP contribution in [0, 0.1) is 11.3 Å². The maximum Gasteiger partial charge on any atom is 0.339 e. The van der Waals surface area contributed by atoms with Crippen molar-refractivity contribution in [3.8, 4) is 17.3 Å². The summed E-state index contributed by atoms with van der Waals surface area (Å²) in [6.07, 6.45) is 0. The van der Waals surface area contributed by atoms with Gasteiger partial charge in [0.1, 0.15) is 6.07 Å². The van der Waals surface area contributed by atoms with Gasteiger partial charge < -0.3 is 10.1 Å². The highest BCUT2D eigenvalue weighted by atomic mass is 16.5. The highest BCUT2D eigenvalue weighted by Gasteiger charge is 2.18. The second-order valence-corrected chi connectivity index (χ2v) is 7.88. The lowest BCUT2D eigenvalue weighted by Gasteiger charge is -2.12. The van der Waals surface area contributed by atoms with Crippen molar-refractivity contribution in [1.82, 2.24) is 4.98 Å². The van der Waals surface area contributed by atoms with Crippen LogP contribution in [0.15, 0.2) is 97.1 Å². The molecule has 0 spiro atoms. The molecule has 0 saturated heterocycles. The standard InChI is InChI=1S/C29H19N3O3/c30-17-20-9-2-5-14-25(20)32-28(33)18-35-29(34)24-16-27(31-26-15-6-4-12-23(24)26)22-13-7-10-19-8-1-3-11-21(19)22/h1-16H,18H2,(H,32,33). The molecule has 0 aliphatic rings. The van der Waals surface area contributed by atoms with Crippen molar-refractivity contribution in [3.05, 3.63) is 108 Å². The van der Waals surface area contributed by atoms with E-state index in [-0.39, 0.29) is 0 Å². The molecule has 168 valence electrons. The minimum absolute atomic E-state index is 0.323. The number of para-hydroxylation sites is 2. The Balaban J connectivity index is 1.45. The predicted molar refractivity (Wildman–Crippen MR) is 135 cm³/mol. The van der Waals surface area contributed by atoms with E-state index < -0.39 is 18.5 Å². The maximum atomic E-state index is 13.1. The highest BCUT2D eigenvalue weighted by molar-refractivity contribution is 6.07. The van der Waals surface area contributed by atoms with Crippen LogP contribution < -0.4 is 5.32 Å². The van der Waals surface area contributed by atoms with Gasteiger partial charge in [-0.25, -0.2) is 9.78 Å². The van der Waals surface area contributed by atoms with Gasteiger partial charge in [-0.1, -0.05) is 72.8 Å². The number of rotatable bonds is 5. The fourth-order valence-electron chi connectivity index (χ4n) is 4.02. The average molecular weight is 457 g/mol. The number of esters is 1. The molecule has 0 saturated carbocycles. The summed E-state index contributed by atoms with van der Waals surface area (Å²) in [6, 6.07) is 31.6. The lowest BCUT2D eigenvalue weighted by molar-refractivity contribution is -0.119. The molecule has 5 rings (SSSR count). The van der Waals surface area contributed by atoms with E-state index >= 15 is 0 Å². The van der Waals surface area contributed by atoms with E-state index in [2.05, 4.69) is 5.32 Å². The molecular weight excluding hydrogens is 438 g/mol. The number of aromatic nitrogens is 1. The molecular formula is C29H19N3O3. The molecule has 6 nitrogen and oxygen atoms in total. The molecule has 1 N–H and O–H groups in total. The number of hydrogen-bond donors (Lipinski definition) is 1. The second-order valence-electron chi connectivity index (χ2n) is 7.88. The summed E-state index contributed by atoms with van der Waals surface area (Å²) in [5, 5.41) is 14.5. The zero-order chi connectivity index (χ0) is 24.2. The Morgan fingerprint density at radius 1 is 0.857 bits per heavy atom. The predicted octanol–water partition coefficient (Wildman–Crippen LogP) is 5.72. The molecule has 35 heavy (non-hydrogen) atoms. The van der Waals surface area contributed by atoms with Crippen LogP contribution in [0.5, 0.6) is 0 Å². The first-order valence-corrected chi connectivity index (χ1v) is 11.0. The molecule has 1 aromatic heterocycles. The van der Waals surface area contributed by atoms with Gasteiger partial charge in [-0.2, -0.15) is 5.26 Å². The molecule has 0 fully saturated rings. The number of ether oxygens (including phenoxy) is 1. The van der Waals surface area contributed by atoms with Crippen molar-refractivity contribution >= 4 is 39.2 Å². The summed E-state index contributed by atoms with van der Waals surface area (Å²) in [6.45, 7) is -0.487. The average Bonchev–Trinajstić information content (AvgIpc) is 2.91. The van der Waals surface area contributed by atoms with Gasteiger partial charge in [0.25, 0.3) is 5.91 Å². The summed E-state index contributed by atoms with van der Waals surface area (Å²) >= 11 is 0. The molecule has 1 amide bonds. The normalized spacial score (nSPS) is 10.6. The van der Waals surface area contributed by atoms with Crippen LogP contribution in [0.25, 0.3) is 32.9 Å². The van der Waals surface area contributed by atoms with Crippen molar-refractivity contribution in [1.29, 1.82) is 5.26 Å². The molecule has 0 unspecified atom stereocenters. The second kappa shape index (κ2) is 9.46. The van der Waals surface area contributed by atoms with E-state index in [1.165, 1.54) is 0 Å². The Morgan fingerprint density at radius 3 is 2.43 bits per heavy atom. The molecule has 0 atom stereocenters. The molecule has 4 aromatic carbocycles. The van der Waals surface area contributed by atoms with Gasteiger partial charge in [0.15, 0.2) is 6.61 Å². The number of nitriles is 1. The monoisotopic (exact) mass is 457 g/mol. The number of hydrogen-bond acceptors (Lipinski definition) is 5. The van der Waals surface area contributed by atoms with Gasteiger partial charge in [0.05, 0.1) is 28.0 Å². The Bertz CT molecular complexity index is 1630. The van der Waals surface area contributed by atoms with Crippen molar-refractivity contribution in [2.24, 2.45) is 0 Å². The minimum Gasteiger partial charge on any atom is -0.452 e. The topological polar surface area (TPSA) is 92.1 Å². The number of carbonyl (C=O) groups is 2. The highest BCUT2D eigenvalue weighted by Crippen LogP contribution is 2.30. The van der Waals surface area contributed by atoms with Crippen LogP contribution in [0.1, 0.15) is 15.9 Å². The van der Waals surface area contributed by atoms with Crippen LogP contribution in [-0.2, 0) is 9.53 Å². The van der Waals surface area contributed by atoms with Crippen LogP contribution in [0.2, 0.25) is 0 Å². The third-order valence-corrected chi connectivity index (χ3v) is 5.66. The van der Waals surface area contributed by atoms with Crippen LogP contribution in [-0.4, -0.2) is 23.5 Å². The SMILES string of the molecule is N#Cc1ccccc1NC(=O)COC(=O)c1cc(-c2cccc3ccccc23)nc2ccccc12. The largest absolute Gasteiger partial charge is 0.452 e. The number of carbonyl (C=O) groups excluding carboxylic acids is 2. The molecule has 6 heteroatoms. The van der Waals surface area contributed by atoms with Gasteiger partial charge in [0.2, 0.25) is 0 Å². The molecule has 5 aromatic rings. The number of nitrogens with zero attached hydrogens (tertiary/aromatic N) is 2. The van der Waals surface area contributed by atoms with Crippen molar-refractivity contribution in [2.75, 3.05) is 11.9 Å². The Hall–Kier alpha value is -5.02. The summed E-state index contributed by atoms with van der Waals surface area (Å²) in [5.74, 6) is -1.16. The van der Waals surface area contributed by atoms with E-state index in [0.29, 0.717) is 33.4 Å². The molecule has 0 radical (unpaired) electrons. The Kier molecular flexibility index (Phi) is 5.89. The van der Waals surface area contributed by atoms with E-state index in [1.54, 1.807) is 36.4 Å². The summed E-state index contributed by atoms with van der Waals surface area (Å²) in [5.41, 5.74) is 3.20. The maximum absolute atomic E-state index is 13.1. The van der Waals surface area contributed by atoms with Crippen molar-refractivity contribution in [3.63, 3.8) is 0 Å².